The molecule has 6 heteroatoms. The highest BCUT2D eigenvalue weighted by Crippen LogP contribution is 2.39. The lowest BCUT2D eigenvalue weighted by atomic mass is 10.2. The predicted molar refractivity (Wildman–Crippen MR) is 80.6 cm³/mol. The van der Waals surface area contributed by atoms with Crippen LogP contribution in [-0.2, 0) is 0 Å². The molecule has 0 N–H and O–H groups in total. The molecule has 0 amide bonds. The molecule has 18 heavy (non-hydrogen) atoms. The van der Waals surface area contributed by atoms with Crippen LogP contribution in [0.15, 0.2) is 29.4 Å². The van der Waals surface area contributed by atoms with E-state index in [2.05, 4.69) is 43.4 Å². The molecule has 3 aliphatic rings. The Morgan fingerprint density at radius 2 is 2.22 bits per heavy atom. The molecule has 1 atom stereocenters. The van der Waals surface area contributed by atoms with E-state index in [4.69, 9.17) is 4.98 Å². The summed E-state index contributed by atoms with van der Waals surface area (Å²) >= 11 is 4.20. The summed E-state index contributed by atoms with van der Waals surface area (Å²) in [5.41, 5.74) is 1.93. The average molecular weight is 368 g/mol. The first kappa shape index (κ1) is 11.0. The van der Waals surface area contributed by atoms with E-state index in [1.807, 2.05) is 18.2 Å². The lowest BCUT2D eigenvalue weighted by Gasteiger charge is -2.13. The molecule has 3 aliphatic heterocycles. The number of benzene rings is 1. The zero-order chi connectivity index (χ0) is 12.1. The second kappa shape index (κ2) is 4.06. The Morgan fingerprint density at radius 3 is 3.11 bits per heavy atom. The summed E-state index contributed by atoms with van der Waals surface area (Å²) in [7, 11) is 0. The van der Waals surface area contributed by atoms with E-state index in [1.54, 1.807) is 11.8 Å². The fourth-order valence-electron chi connectivity index (χ4n) is 2.34. The van der Waals surface area contributed by atoms with Crippen LogP contribution >= 0.6 is 34.4 Å². The van der Waals surface area contributed by atoms with Gasteiger partial charge in [-0.25, -0.2) is 4.98 Å². The SMILES string of the molecule is IC[C@H]1CSc2nnc3c4ccccc4nc-3n21. The number of hydrogen-bond donors (Lipinski definition) is 0. The third-order valence-electron chi connectivity index (χ3n) is 3.22. The number of aromatic nitrogens is 4. The highest BCUT2D eigenvalue weighted by molar-refractivity contribution is 14.1. The minimum atomic E-state index is 0.480. The number of alkyl halides is 1. The van der Waals surface area contributed by atoms with Gasteiger partial charge in [0.05, 0.1) is 11.6 Å². The van der Waals surface area contributed by atoms with Crippen LogP contribution in [0.25, 0.3) is 22.4 Å². The number of para-hydroxylation sites is 1. The van der Waals surface area contributed by atoms with E-state index in [-0.39, 0.29) is 0 Å². The number of thioether (sulfide) groups is 1. The predicted octanol–water partition coefficient (Wildman–Crippen LogP) is 3.01. The van der Waals surface area contributed by atoms with Crippen molar-refractivity contribution in [3.05, 3.63) is 24.3 Å². The molecule has 0 saturated carbocycles. The largest absolute Gasteiger partial charge is 0.297 e. The number of fused-ring (bicyclic) bond motifs is 5. The monoisotopic (exact) mass is 368 g/mol. The van der Waals surface area contributed by atoms with Crippen LogP contribution < -0.4 is 0 Å². The van der Waals surface area contributed by atoms with E-state index in [0.29, 0.717) is 6.04 Å². The van der Waals surface area contributed by atoms with Gasteiger partial charge in [-0.1, -0.05) is 52.6 Å². The smallest absolute Gasteiger partial charge is 0.191 e. The summed E-state index contributed by atoms with van der Waals surface area (Å²) in [5.74, 6) is 2.05. The Bertz CT molecular complexity index is 711. The van der Waals surface area contributed by atoms with Gasteiger partial charge in [0.2, 0.25) is 0 Å². The van der Waals surface area contributed by atoms with E-state index in [9.17, 15) is 0 Å². The number of hydrogen-bond acceptors (Lipinski definition) is 4. The minimum Gasteiger partial charge on any atom is -0.297 e. The molecule has 0 bridgehead atoms. The maximum atomic E-state index is 4.73. The van der Waals surface area contributed by atoms with Crippen LogP contribution in [0.1, 0.15) is 6.04 Å². The first-order chi connectivity index (χ1) is 8.88. The highest BCUT2D eigenvalue weighted by Gasteiger charge is 2.29. The van der Waals surface area contributed by atoms with Gasteiger partial charge in [-0.2, -0.15) is 0 Å². The van der Waals surface area contributed by atoms with Crippen LogP contribution in [0.4, 0.5) is 0 Å². The third kappa shape index (κ3) is 1.41. The fourth-order valence-corrected chi connectivity index (χ4v) is 4.55. The molecular weight excluding hydrogens is 359 g/mol. The van der Waals surface area contributed by atoms with Crippen LogP contribution in [0.3, 0.4) is 0 Å². The van der Waals surface area contributed by atoms with Gasteiger partial charge in [-0.3, -0.25) is 4.57 Å². The van der Waals surface area contributed by atoms with Gasteiger partial charge in [0.25, 0.3) is 0 Å². The number of rotatable bonds is 1. The maximum Gasteiger partial charge on any atom is 0.191 e. The van der Waals surface area contributed by atoms with Gasteiger partial charge in [0.15, 0.2) is 11.0 Å². The Balaban J connectivity index is 2.09. The van der Waals surface area contributed by atoms with Gasteiger partial charge < -0.3 is 0 Å². The van der Waals surface area contributed by atoms with Gasteiger partial charge in [-0.15, -0.1) is 10.2 Å². The van der Waals surface area contributed by atoms with Crippen LogP contribution in [-0.4, -0.2) is 29.9 Å². The summed E-state index contributed by atoms with van der Waals surface area (Å²) in [6, 6.07) is 8.61. The highest BCUT2D eigenvalue weighted by atomic mass is 127. The summed E-state index contributed by atoms with van der Waals surface area (Å²) in [4.78, 5) is 4.73. The lowest BCUT2D eigenvalue weighted by molar-refractivity contribution is 0.559. The molecule has 0 aromatic heterocycles. The van der Waals surface area contributed by atoms with E-state index >= 15 is 0 Å². The average Bonchev–Trinajstić information content (AvgIpc) is 2.98. The Labute approximate surface area is 122 Å². The summed E-state index contributed by atoms with van der Waals surface area (Å²) in [6.07, 6.45) is 0. The third-order valence-corrected chi connectivity index (χ3v) is 5.32. The zero-order valence-corrected chi connectivity index (χ0v) is 12.4. The molecule has 0 spiro atoms. The van der Waals surface area contributed by atoms with Crippen molar-refractivity contribution in [2.24, 2.45) is 0 Å². The van der Waals surface area contributed by atoms with Gasteiger partial charge in [0, 0.05) is 15.6 Å². The minimum absolute atomic E-state index is 0.480. The topological polar surface area (TPSA) is 43.6 Å². The summed E-state index contributed by atoms with van der Waals surface area (Å²) in [5, 5.41) is 10.8. The number of halogens is 1. The Hall–Kier alpha value is -0.890. The normalized spacial score (nSPS) is 18.6. The molecule has 4 nitrogen and oxygen atoms in total. The lowest BCUT2D eigenvalue weighted by Crippen LogP contribution is -2.13. The van der Waals surface area contributed by atoms with Crippen molar-refractivity contribution < 1.29 is 0 Å². The molecule has 4 rings (SSSR count). The first-order valence-electron chi connectivity index (χ1n) is 5.70. The Kier molecular flexibility index (Phi) is 2.47. The second-order valence-corrected chi connectivity index (χ2v) is 6.14. The Morgan fingerprint density at radius 1 is 1.33 bits per heavy atom. The maximum absolute atomic E-state index is 4.73. The summed E-state index contributed by atoms with van der Waals surface area (Å²) < 4.78 is 3.33. The van der Waals surface area contributed by atoms with E-state index in [0.717, 1.165) is 37.8 Å². The van der Waals surface area contributed by atoms with Crippen LogP contribution in [0.5, 0.6) is 0 Å². The van der Waals surface area contributed by atoms with Crippen molar-refractivity contribution >= 4 is 45.3 Å². The summed E-state index contributed by atoms with van der Waals surface area (Å²) in [6.45, 7) is 0. The first-order valence-corrected chi connectivity index (χ1v) is 8.21. The quantitative estimate of drug-likeness (QED) is 0.489. The zero-order valence-electron chi connectivity index (χ0n) is 9.38. The van der Waals surface area contributed by atoms with Crippen molar-refractivity contribution in [3.63, 3.8) is 0 Å². The molecule has 0 radical (unpaired) electrons. The van der Waals surface area contributed by atoms with Crippen LogP contribution in [0, 0.1) is 0 Å². The molecule has 0 fully saturated rings. The molecule has 90 valence electrons. The standard InChI is InChI=1S/C12H9IN4S/c13-5-7-6-18-12-16-15-10-8-3-1-2-4-9(8)14-11(10)17(7)12/h1-4,7H,5-6H2/t7-/m0/s1. The van der Waals surface area contributed by atoms with Crippen molar-refractivity contribution in [1.82, 2.24) is 19.7 Å². The molecular formula is C12H9IN4S. The fraction of sp³-hybridized carbons (Fsp3) is 0.250. The molecule has 1 aromatic carbocycles. The number of nitrogens with zero attached hydrogens (tertiary/aromatic N) is 4. The van der Waals surface area contributed by atoms with Crippen molar-refractivity contribution in [2.75, 3.05) is 10.2 Å². The molecule has 0 saturated heterocycles. The van der Waals surface area contributed by atoms with E-state index in [1.165, 1.54) is 0 Å². The molecule has 0 unspecified atom stereocenters. The molecule has 3 heterocycles. The molecule has 0 aliphatic carbocycles. The van der Waals surface area contributed by atoms with Gasteiger partial charge in [0.1, 0.15) is 5.69 Å². The van der Waals surface area contributed by atoms with Crippen molar-refractivity contribution in [1.29, 1.82) is 0 Å². The molecule has 1 aromatic rings. The van der Waals surface area contributed by atoms with E-state index < -0.39 is 0 Å². The van der Waals surface area contributed by atoms with Crippen molar-refractivity contribution in [2.45, 2.75) is 11.2 Å². The van der Waals surface area contributed by atoms with Gasteiger partial charge in [-0.05, 0) is 6.07 Å². The van der Waals surface area contributed by atoms with Crippen molar-refractivity contribution in [3.8, 4) is 11.5 Å². The second-order valence-electron chi connectivity index (χ2n) is 4.27. The van der Waals surface area contributed by atoms with Crippen LogP contribution in [0.2, 0.25) is 0 Å². The van der Waals surface area contributed by atoms with Gasteiger partial charge >= 0.3 is 0 Å².